The van der Waals surface area contributed by atoms with Crippen molar-refractivity contribution in [2.45, 2.75) is 84.7 Å². The molecule has 0 aromatic carbocycles. The zero-order valence-electron chi connectivity index (χ0n) is 12.3. The van der Waals surface area contributed by atoms with Crippen molar-refractivity contribution in [1.82, 2.24) is 5.32 Å². The Morgan fingerprint density at radius 1 is 1.06 bits per heavy atom. The molecule has 3 unspecified atom stereocenters. The third kappa shape index (κ3) is 3.24. The lowest BCUT2D eigenvalue weighted by molar-refractivity contribution is 0.189. The van der Waals surface area contributed by atoms with E-state index in [1.165, 1.54) is 44.9 Å². The first-order chi connectivity index (χ1) is 8.02. The zero-order chi connectivity index (χ0) is 12.5. The lowest BCUT2D eigenvalue weighted by Crippen LogP contribution is -2.43. The molecule has 0 saturated heterocycles. The minimum atomic E-state index is 0.603. The van der Waals surface area contributed by atoms with E-state index in [1.807, 2.05) is 0 Å². The van der Waals surface area contributed by atoms with Gasteiger partial charge >= 0.3 is 0 Å². The molecule has 2 saturated carbocycles. The predicted molar refractivity (Wildman–Crippen MR) is 75.1 cm³/mol. The summed E-state index contributed by atoms with van der Waals surface area (Å²) in [5, 5.41) is 3.97. The van der Waals surface area contributed by atoms with Crippen LogP contribution in [0.25, 0.3) is 0 Å². The summed E-state index contributed by atoms with van der Waals surface area (Å²) < 4.78 is 0. The van der Waals surface area contributed by atoms with Gasteiger partial charge in [0.1, 0.15) is 0 Å². The van der Waals surface area contributed by atoms with Gasteiger partial charge in [0.15, 0.2) is 0 Å². The van der Waals surface area contributed by atoms with Crippen molar-refractivity contribution in [2.75, 3.05) is 0 Å². The molecule has 2 aliphatic rings. The molecule has 2 fully saturated rings. The van der Waals surface area contributed by atoms with Gasteiger partial charge < -0.3 is 5.32 Å². The Bertz CT molecular complexity index is 236. The van der Waals surface area contributed by atoms with Gasteiger partial charge in [0, 0.05) is 12.1 Å². The summed E-state index contributed by atoms with van der Waals surface area (Å²) in [5.41, 5.74) is 0.603. The normalized spacial score (nSPS) is 38.5. The van der Waals surface area contributed by atoms with E-state index in [4.69, 9.17) is 0 Å². The highest BCUT2D eigenvalue weighted by atomic mass is 15.0. The number of hydrogen-bond acceptors (Lipinski definition) is 1. The number of nitrogens with one attached hydrogen (secondary N) is 1. The van der Waals surface area contributed by atoms with Crippen LogP contribution in [0, 0.1) is 17.3 Å². The number of rotatable bonds is 3. The van der Waals surface area contributed by atoms with Crippen molar-refractivity contribution in [3.05, 3.63) is 0 Å². The van der Waals surface area contributed by atoms with E-state index < -0.39 is 0 Å². The van der Waals surface area contributed by atoms with Crippen LogP contribution in [0.1, 0.15) is 72.6 Å². The van der Waals surface area contributed by atoms with Crippen LogP contribution in [0.15, 0.2) is 0 Å². The minimum absolute atomic E-state index is 0.603. The molecule has 1 N–H and O–H groups in total. The largest absolute Gasteiger partial charge is 0.311 e. The molecule has 17 heavy (non-hydrogen) atoms. The Morgan fingerprint density at radius 2 is 1.71 bits per heavy atom. The molecule has 0 heterocycles. The Labute approximate surface area is 108 Å². The molecule has 0 bridgehead atoms. The Kier molecular flexibility index (Phi) is 4.18. The Balaban J connectivity index is 1.79. The van der Waals surface area contributed by atoms with Gasteiger partial charge in [-0.1, -0.05) is 34.1 Å². The summed E-state index contributed by atoms with van der Waals surface area (Å²) in [7, 11) is 0. The second-order valence-electron chi connectivity index (χ2n) is 7.32. The van der Waals surface area contributed by atoms with Crippen LogP contribution in [0.3, 0.4) is 0 Å². The van der Waals surface area contributed by atoms with Crippen LogP contribution >= 0.6 is 0 Å². The average Bonchev–Trinajstić information content (AvgIpc) is 2.63. The second kappa shape index (κ2) is 5.30. The fraction of sp³-hybridized carbons (Fsp3) is 1.00. The Hall–Kier alpha value is -0.0400. The van der Waals surface area contributed by atoms with E-state index in [1.54, 1.807) is 0 Å². The van der Waals surface area contributed by atoms with Gasteiger partial charge in [0.25, 0.3) is 0 Å². The van der Waals surface area contributed by atoms with Gasteiger partial charge in [-0.05, 0) is 55.8 Å². The van der Waals surface area contributed by atoms with Gasteiger partial charge in [0.2, 0.25) is 0 Å². The molecule has 0 amide bonds. The summed E-state index contributed by atoms with van der Waals surface area (Å²) in [4.78, 5) is 0. The first-order valence-electron chi connectivity index (χ1n) is 7.78. The van der Waals surface area contributed by atoms with E-state index in [0.717, 1.165) is 23.9 Å². The maximum absolute atomic E-state index is 3.97. The van der Waals surface area contributed by atoms with Crippen molar-refractivity contribution < 1.29 is 0 Å². The molecule has 1 heteroatoms. The van der Waals surface area contributed by atoms with Crippen LogP contribution in [-0.2, 0) is 0 Å². The van der Waals surface area contributed by atoms with Gasteiger partial charge in [-0.25, -0.2) is 0 Å². The minimum Gasteiger partial charge on any atom is -0.311 e. The van der Waals surface area contributed by atoms with Gasteiger partial charge in [-0.3, -0.25) is 0 Å². The second-order valence-corrected chi connectivity index (χ2v) is 7.32. The van der Waals surface area contributed by atoms with Crippen molar-refractivity contribution in [3.63, 3.8) is 0 Å². The van der Waals surface area contributed by atoms with Gasteiger partial charge in [-0.2, -0.15) is 0 Å². The molecule has 0 aromatic heterocycles. The first kappa shape index (κ1) is 13.4. The molecule has 0 aliphatic heterocycles. The molecule has 0 aromatic rings. The van der Waals surface area contributed by atoms with Crippen molar-refractivity contribution in [2.24, 2.45) is 17.3 Å². The SMILES string of the molecule is CCC1CCC(NC2CCC(C)(C)CC2)C1C. The van der Waals surface area contributed by atoms with Gasteiger partial charge in [-0.15, -0.1) is 0 Å². The standard InChI is InChI=1S/C16H31N/c1-5-13-6-7-15(12(13)2)17-14-8-10-16(3,4)11-9-14/h12-15,17H,5-11H2,1-4H3. The average molecular weight is 237 g/mol. The first-order valence-corrected chi connectivity index (χ1v) is 7.78. The molecular weight excluding hydrogens is 206 g/mol. The third-order valence-corrected chi connectivity index (χ3v) is 5.54. The molecule has 2 rings (SSSR count). The smallest absolute Gasteiger partial charge is 0.00980 e. The lowest BCUT2D eigenvalue weighted by Gasteiger charge is -2.37. The highest BCUT2D eigenvalue weighted by Crippen LogP contribution is 2.38. The topological polar surface area (TPSA) is 12.0 Å². The van der Waals surface area contributed by atoms with E-state index >= 15 is 0 Å². The fourth-order valence-corrected chi connectivity index (χ4v) is 3.93. The van der Waals surface area contributed by atoms with Crippen LogP contribution in [-0.4, -0.2) is 12.1 Å². The highest BCUT2D eigenvalue weighted by Gasteiger charge is 2.34. The number of hydrogen-bond donors (Lipinski definition) is 1. The summed E-state index contributed by atoms with van der Waals surface area (Å²) in [5.74, 6) is 1.88. The molecule has 3 atom stereocenters. The van der Waals surface area contributed by atoms with Crippen molar-refractivity contribution in [3.8, 4) is 0 Å². The molecule has 1 nitrogen and oxygen atoms in total. The van der Waals surface area contributed by atoms with Crippen LogP contribution < -0.4 is 5.32 Å². The molecule has 0 spiro atoms. The van der Waals surface area contributed by atoms with E-state index in [0.29, 0.717) is 5.41 Å². The fourth-order valence-electron chi connectivity index (χ4n) is 3.93. The van der Waals surface area contributed by atoms with E-state index in [2.05, 4.69) is 33.0 Å². The third-order valence-electron chi connectivity index (χ3n) is 5.54. The molecule has 2 aliphatic carbocycles. The summed E-state index contributed by atoms with van der Waals surface area (Å²) in [6.45, 7) is 9.67. The van der Waals surface area contributed by atoms with Crippen molar-refractivity contribution in [1.29, 1.82) is 0 Å². The summed E-state index contributed by atoms with van der Waals surface area (Å²) in [6, 6.07) is 1.62. The predicted octanol–water partition coefficient (Wildman–Crippen LogP) is 4.37. The summed E-state index contributed by atoms with van der Waals surface area (Å²) in [6.07, 6.45) is 9.84. The van der Waals surface area contributed by atoms with Crippen LogP contribution in [0.2, 0.25) is 0 Å². The summed E-state index contributed by atoms with van der Waals surface area (Å²) >= 11 is 0. The highest BCUT2D eigenvalue weighted by molar-refractivity contribution is 4.90. The zero-order valence-corrected chi connectivity index (χ0v) is 12.3. The Morgan fingerprint density at radius 3 is 2.24 bits per heavy atom. The quantitative estimate of drug-likeness (QED) is 0.768. The molecule has 100 valence electrons. The molecular formula is C16H31N. The van der Waals surface area contributed by atoms with E-state index in [9.17, 15) is 0 Å². The van der Waals surface area contributed by atoms with Crippen molar-refractivity contribution >= 4 is 0 Å². The maximum Gasteiger partial charge on any atom is 0.00980 e. The van der Waals surface area contributed by atoms with Crippen LogP contribution in [0.4, 0.5) is 0 Å². The van der Waals surface area contributed by atoms with Crippen LogP contribution in [0.5, 0.6) is 0 Å². The lowest BCUT2D eigenvalue weighted by atomic mass is 9.75. The van der Waals surface area contributed by atoms with Gasteiger partial charge in [0.05, 0.1) is 0 Å². The maximum atomic E-state index is 3.97. The van der Waals surface area contributed by atoms with E-state index in [-0.39, 0.29) is 0 Å². The monoisotopic (exact) mass is 237 g/mol. The molecule has 0 radical (unpaired) electrons.